The van der Waals surface area contributed by atoms with Gasteiger partial charge < -0.3 is 10.5 Å². The van der Waals surface area contributed by atoms with Crippen molar-refractivity contribution in [2.45, 2.75) is 13.2 Å². The van der Waals surface area contributed by atoms with Gasteiger partial charge in [-0.3, -0.25) is 0 Å². The molecule has 19 heavy (non-hydrogen) atoms. The highest BCUT2D eigenvalue weighted by Crippen LogP contribution is 2.27. The minimum Gasteiger partial charge on any atom is -0.489 e. The van der Waals surface area contributed by atoms with Crippen LogP contribution in [-0.4, -0.2) is 0 Å². The third-order valence-corrected chi connectivity index (χ3v) is 4.12. The maximum absolute atomic E-state index is 5.93. The second-order valence-electron chi connectivity index (χ2n) is 3.99. The lowest BCUT2D eigenvalue weighted by Crippen LogP contribution is -2.00. The smallest absolute Gasteiger partial charge is 0.121 e. The van der Waals surface area contributed by atoms with E-state index >= 15 is 0 Å². The lowest BCUT2D eigenvalue weighted by Gasteiger charge is -2.09. The van der Waals surface area contributed by atoms with Crippen molar-refractivity contribution < 1.29 is 4.74 Å². The summed E-state index contributed by atoms with van der Waals surface area (Å²) in [5, 5.41) is 0.999. The molecule has 2 N–H and O–H groups in total. The number of nitrogens with two attached hydrogens (primary N) is 1. The molecule has 5 heteroatoms. The first kappa shape index (κ1) is 14.7. The maximum atomic E-state index is 5.93. The molecule has 0 aromatic heterocycles. The van der Waals surface area contributed by atoms with E-state index in [9.17, 15) is 0 Å². The van der Waals surface area contributed by atoms with Crippen LogP contribution in [0.25, 0.3) is 0 Å². The second-order valence-corrected chi connectivity index (χ2v) is 5.66. The minimum absolute atomic E-state index is 0.448. The van der Waals surface area contributed by atoms with Crippen LogP contribution >= 0.6 is 39.1 Å². The van der Waals surface area contributed by atoms with Crippen LogP contribution in [0, 0.1) is 0 Å². The topological polar surface area (TPSA) is 35.2 Å². The van der Waals surface area contributed by atoms with E-state index in [0.717, 1.165) is 15.6 Å². The third-order valence-electron chi connectivity index (χ3n) is 2.64. The quantitative estimate of drug-likeness (QED) is 0.850. The van der Waals surface area contributed by atoms with E-state index < -0.39 is 0 Å². The summed E-state index contributed by atoms with van der Waals surface area (Å²) in [4.78, 5) is 0. The van der Waals surface area contributed by atoms with Crippen LogP contribution in [0.4, 0.5) is 0 Å². The van der Waals surface area contributed by atoms with Gasteiger partial charge in [-0.05, 0) is 23.8 Å². The summed E-state index contributed by atoms with van der Waals surface area (Å²) in [6, 6.07) is 11.2. The molecule has 2 aromatic carbocycles. The standard InChI is InChI=1S/C14H12BrCl2NO/c15-12-5-9(7-18)1-2-10(12)8-19-11-3-4-13(16)14(17)6-11/h1-6H,7-8,18H2. The van der Waals surface area contributed by atoms with E-state index in [2.05, 4.69) is 15.9 Å². The Balaban J connectivity index is 2.07. The molecule has 0 heterocycles. The predicted octanol–water partition coefficient (Wildman–Crippen LogP) is 4.79. The molecule has 0 fully saturated rings. The SMILES string of the molecule is NCc1ccc(COc2ccc(Cl)c(Cl)c2)c(Br)c1. The second kappa shape index (κ2) is 6.62. The molecule has 2 rings (SSSR count). The van der Waals surface area contributed by atoms with E-state index in [1.807, 2.05) is 18.2 Å². The zero-order valence-corrected chi connectivity index (χ0v) is 13.1. The van der Waals surface area contributed by atoms with Gasteiger partial charge in [0, 0.05) is 22.6 Å². The summed E-state index contributed by atoms with van der Waals surface area (Å²) in [6.45, 7) is 0.968. The lowest BCUT2D eigenvalue weighted by molar-refractivity contribution is 0.305. The van der Waals surface area contributed by atoms with Crippen molar-refractivity contribution in [2.24, 2.45) is 5.73 Å². The number of benzene rings is 2. The normalized spacial score (nSPS) is 10.5. The lowest BCUT2D eigenvalue weighted by atomic mass is 10.1. The Morgan fingerprint density at radius 1 is 1.05 bits per heavy atom. The fourth-order valence-electron chi connectivity index (χ4n) is 1.56. The van der Waals surface area contributed by atoms with Crippen molar-refractivity contribution in [3.63, 3.8) is 0 Å². The van der Waals surface area contributed by atoms with Crippen LogP contribution < -0.4 is 10.5 Å². The summed E-state index contributed by atoms with van der Waals surface area (Å²) in [5.41, 5.74) is 7.70. The molecule has 0 aliphatic rings. The number of hydrogen-bond donors (Lipinski definition) is 1. The first-order chi connectivity index (χ1) is 9.10. The first-order valence-corrected chi connectivity index (χ1v) is 7.20. The van der Waals surface area contributed by atoms with Crippen molar-refractivity contribution in [3.05, 3.63) is 62.0 Å². The van der Waals surface area contributed by atoms with Crippen molar-refractivity contribution in [3.8, 4) is 5.75 Å². The number of ether oxygens (including phenoxy) is 1. The van der Waals surface area contributed by atoms with Gasteiger partial charge in [-0.2, -0.15) is 0 Å². The highest BCUT2D eigenvalue weighted by molar-refractivity contribution is 9.10. The fraction of sp³-hybridized carbons (Fsp3) is 0.143. The molecule has 0 saturated heterocycles. The van der Waals surface area contributed by atoms with E-state index in [1.165, 1.54) is 0 Å². The van der Waals surface area contributed by atoms with E-state index in [4.69, 9.17) is 33.7 Å². The van der Waals surface area contributed by atoms with Crippen LogP contribution in [0.2, 0.25) is 10.0 Å². The molecule has 0 spiro atoms. The molecule has 2 nitrogen and oxygen atoms in total. The zero-order chi connectivity index (χ0) is 13.8. The van der Waals surface area contributed by atoms with E-state index in [-0.39, 0.29) is 0 Å². The fourth-order valence-corrected chi connectivity index (χ4v) is 2.39. The summed E-state index contributed by atoms with van der Waals surface area (Å²) in [5.74, 6) is 0.684. The molecule has 0 bridgehead atoms. The van der Waals surface area contributed by atoms with Gasteiger partial charge in [0.15, 0.2) is 0 Å². The highest BCUT2D eigenvalue weighted by atomic mass is 79.9. The van der Waals surface area contributed by atoms with Crippen LogP contribution in [0.5, 0.6) is 5.75 Å². The molecule has 0 saturated carbocycles. The Labute approximate surface area is 130 Å². The van der Waals surface area contributed by atoms with Crippen LogP contribution in [0.3, 0.4) is 0 Å². The number of halogens is 3. The van der Waals surface area contributed by atoms with E-state index in [0.29, 0.717) is 28.9 Å². The van der Waals surface area contributed by atoms with E-state index in [1.54, 1.807) is 18.2 Å². The van der Waals surface area contributed by atoms with Crippen LogP contribution in [0.1, 0.15) is 11.1 Å². The van der Waals surface area contributed by atoms with Crippen molar-refractivity contribution in [1.29, 1.82) is 0 Å². The summed E-state index contributed by atoms with van der Waals surface area (Å²) >= 11 is 15.3. The van der Waals surface area contributed by atoms with Gasteiger partial charge in [-0.25, -0.2) is 0 Å². The highest BCUT2D eigenvalue weighted by Gasteiger charge is 2.04. The third kappa shape index (κ3) is 3.86. The molecule has 100 valence electrons. The number of rotatable bonds is 4. The van der Waals surface area contributed by atoms with Crippen LogP contribution in [-0.2, 0) is 13.2 Å². The Bertz CT molecular complexity index is 590. The molecule has 0 atom stereocenters. The zero-order valence-electron chi connectivity index (χ0n) is 10.00. The molecule has 2 aromatic rings. The Kier molecular flexibility index (Phi) is 5.11. The van der Waals surface area contributed by atoms with Gasteiger partial charge in [-0.1, -0.05) is 51.3 Å². The molecule has 0 aliphatic carbocycles. The van der Waals surface area contributed by atoms with Crippen molar-refractivity contribution in [1.82, 2.24) is 0 Å². The van der Waals surface area contributed by atoms with Gasteiger partial charge in [0.2, 0.25) is 0 Å². The Morgan fingerprint density at radius 2 is 1.84 bits per heavy atom. The average Bonchev–Trinajstić information content (AvgIpc) is 2.41. The molecule has 0 radical (unpaired) electrons. The van der Waals surface area contributed by atoms with Crippen LogP contribution in [0.15, 0.2) is 40.9 Å². The molecule has 0 aliphatic heterocycles. The van der Waals surface area contributed by atoms with Gasteiger partial charge in [0.25, 0.3) is 0 Å². The van der Waals surface area contributed by atoms with Crippen molar-refractivity contribution >= 4 is 39.1 Å². The van der Waals surface area contributed by atoms with Gasteiger partial charge in [0.05, 0.1) is 10.0 Å². The summed E-state index contributed by atoms with van der Waals surface area (Å²) < 4.78 is 6.66. The molecular formula is C14H12BrCl2NO. The monoisotopic (exact) mass is 359 g/mol. The maximum Gasteiger partial charge on any atom is 0.121 e. The van der Waals surface area contributed by atoms with Gasteiger partial charge in [-0.15, -0.1) is 0 Å². The minimum atomic E-state index is 0.448. The Hall–Kier alpha value is -0.740. The summed E-state index contributed by atoms with van der Waals surface area (Å²) in [6.07, 6.45) is 0. The van der Waals surface area contributed by atoms with Gasteiger partial charge >= 0.3 is 0 Å². The van der Waals surface area contributed by atoms with Gasteiger partial charge in [0.1, 0.15) is 12.4 Å². The number of hydrogen-bond acceptors (Lipinski definition) is 2. The first-order valence-electron chi connectivity index (χ1n) is 5.65. The molecule has 0 amide bonds. The summed E-state index contributed by atoms with van der Waals surface area (Å²) in [7, 11) is 0. The largest absolute Gasteiger partial charge is 0.489 e. The molecule has 0 unspecified atom stereocenters. The predicted molar refractivity (Wildman–Crippen MR) is 82.8 cm³/mol. The van der Waals surface area contributed by atoms with Crippen molar-refractivity contribution in [2.75, 3.05) is 0 Å². The molecular weight excluding hydrogens is 349 g/mol. The average molecular weight is 361 g/mol. The Morgan fingerprint density at radius 3 is 2.47 bits per heavy atom.